The van der Waals surface area contributed by atoms with Crippen LogP contribution in [-0.2, 0) is 18.4 Å². The Labute approximate surface area is 112 Å². The highest BCUT2D eigenvalue weighted by Crippen LogP contribution is 2.35. The van der Waals surface area contributed by atoms with Crippen molar-refractivity contribution in [2.75, 3.05) is 0 Å². The average molecular weight is 264 g/mol. The first kappa shape index (κ1) is 13.1. The highest BCUT2D eigenvalue weighted by molar-refractivity contribution is 5.85. The van der Waals surface area contributed by atoms with Crippen molar-refractivity contribution in [1.82, 2.24) is 0 Å². The molecule has 2 N–H and O–H groups in total. The van der Waals surface area contributed by atoms with Gasteiger partial charge in [0.15, 0.2) is 0 Å². The highest BCUT2D eigenvalue weighted by Gasteiger charge is 2.34. The molecule has 0 radical (unpaired) electrons. The summed E-state index contributed by atoms with van der Waals surface area (Å²) in [5, 5.41) is 0. The third-order valence-electron chi connectivity index (χ3n) is 3.55. The molecular weight excluding hydrogens is 249 g/mol. The van der Waals surface area contributed by atoms with Crippen LogP contribution in [-0.4, -0.2) is 0 Å². The van der Waals surface area contributed by atoms with Crippen molar-refractivity contribution >= 4 is 12.4 Å². The van der Waals surface area contributed by atoms with Crippen molar-refractivity contribution < 1.29 is 4.39 Å². The van der Waals surface area contributed by atoms with Crippen LogP contribution in [0, 0.1) is 5.82 Å². The number of benzene rings is 2. The van der Waals surface area contributed by atoms with E-state index >= 15 is 0 Å². The maximum Gasteiger partial charge on any atom is 0.123 e. The van der Waals surface area contributed by atoms with E-state index in [0.717, 1.165) is 18.4 Å². The molecule has 0 saturated carbocycles. The molecule has 2 aromatic carbocycles. The first-order valence-electron chi connectivity index (χ1n) is 5.79. The Morgan fingerprint density at radius 2 is 1.39 bits per heavy atom. The molecule has 0 spiro atoms. The molecule has 1 nitrogen and oxygen atoms in total. The van der Waals surface area contributed by atoms with E-state index in [-0.39, 0.29) is 23.8 Å². The second kappa shape index (κ2) is 4.71. The van der Waals surface area contributed by atoms with Gasteiger partial charge in [0, 0.05) is 5.54 Å². The van der Waals surface area contributed by atoms with E-state index in [1.165, 1.54) is 23.3 Å². The van der Waals surface area contributed by atoms with Crippen molar-refractivity contribution in [2.45, 2.75) is 18.4 Å². The molecule has 18 heavy (non-hydrogen) atoms. The summed E-state index contributed by atoms with van der Waals surface area (Å²) >= 11 is 0. The minimum absolute atomic E-state index is 0. The van der Waals surface area contributed by atoms with Gasteiger partial charge < -0.3 is 5.73 Å². The number of nitrogens with two attached hydrogens (primary N) is 1. The maximum atomic E-state index is 12.9. The van der Waals surface area contributed by atoms with Crippen LogP contribution in [0.2, 0.25) is 0 Å². The van der Waals surface area contributed by atoms with Gasteiger partial charge in [-0.25, -0.2) is 4.39 Å². The summed E-state index contributed by atoms with van der Waals surface area (Å²) in [4.78, 5) is 0. The SMILES string of the molecule is Cl.NC1(c2ccc(F)cc2)Cc2ccccc2C1. The molecule has 0 unspecified atom stereocenters. The van der Waals surface area contributed by atoms with Gasteiger partial charge in [0.05, 0.1) is 0 Å². The predicted molar refractivity (Wildman–Crippen MR) is 73.4 cm³/mol. The molecule has 1 aliphatic carbocycles. The van der Waals surface area contributed by atoms with Crippen LogP contribution in [0.25, 0.3) is 0 Å². The van der Waals surface area contributed by atoms with Gasteiger partial charge in [-0.2, -0.15) is 0 Å². The van der Waals surface area contributed by atoms with Crippen LogP contribution in [0.3, 0.4) is 0 Å². The molecule has 3 rings (SSSR count). The summed E-state index contributed by atoms with van der Waals surface area (Å²) in [6.45, 7) is 0. The summed E-state index contributed by atoms with van der Waals surface area (Å²) in [7, 11) is 0. The summed E-state index contributed by atoms with van der Waals surface area (Å²) in [6, 6.07) is 14.9. The lowest BCUT2D eigenvalue weighted by Gasteiger charge is -2.24. The molecule has 1 aliphatic rings. The van der Waals surface area contributed by atoms with Gasteiger partial charge in [-0.05, 0) is 41.7 Å². The molecule has 0 atom stereocenters. The Hall–Kier alpha value is -1.38. The van der Waals surface area contributed by atoms with Crippen molar-refractivity contribution in [3.8, 4) is 0 Å². The number of hydrogen-bond donors (Lipinski definition) is 1. The van der Waals surface area contributed by atoms with E-state index in [1.54, 1.807) is 12.1 Å². The number of rotatable bonds is 1. The van der Waals surface area contributed by atoms with Gasteiger partial charge >= 0.3 is 0 Å². The van der Waals surface area contributed by atoms with E-state index in [2.05, 4.69) is 12.1 Å². The van der Waals surface area contributed by atoms with Gasteiger partial charge in [-0.1, -0.05) is 36.4 Å². The zero-order chi connectivity index (χ0) is 11.9. The monoisotopic (exact) mass is 263 g/mol. The van der Waals surface area contributed by atoms with Crippen molar-refractivity contribution in [3.63, 3.8) is 0 Å². The van der Waals surface area contributed by atoms with E-state index in [0.29, 0.717) is 0 Å². The molecule has 0 aliphatic heterocycles. The van der Waals surface area contributed by atoms with Crippen molar-refractivity contribution in [3.05, 3.63) is 71.0 Å². The van der Waals surface area contributed by atoms with E-state index in [4.69, 9.17) is 5.73 Å². The smallest absolute Gasteiger partial charge is 0.123 e. The van der Waals surface area contributed by atoms with Gasteiger partial charge in [-0.3, -0.25) is 0 Å². The lowest BCUT2D eigenvalue weighted by atomic mass is 9.88. The summed E-state index contributed by atoms with van der Waals surface area (Å²) in [5.41, 5.74) is 9.70. The largest absolute Gasteiger partial charge is 0.321 e. The first-order chi connectivity index (χ1) is 8.17. The van der Waals surface area contributed by atoms with Crippen LogP contribution in [0.5, 0.6) is 0 Å². The minimum Gasteiger partial charge on any atom is -0.321 e. The van der Waals surface area contributed by atoms with Gasteiger partial charge in [0.2, 0.25) is 0 Å². The topological polar surface area (TPSA) is 26.0 Å². The quantitative estimate of drug-likeness (QED) is 0.840. The molecule has 0 amide bonds. The van der Waals surface area contributed by atoms with Gasteiger partial charge in [0.25, 0.3) is 0 Å². The Kier molecular flexibility index (Phi) is 3.42. The van der Waals surface area contributed by atoms with E-state index < -0.39 is 0 Å². The van der Waals surface area contributed by atoms with Crippen LogP contribution < -0.4 is 5.73 Å². The predicted octanol–water partition coefficient (Wildman–Crippen LogP) is 3.20. The van der Waals surface area contributed by atoms with E-state index in [1.807, 2.05) is 12.1 Å². The fourth-order valence-electron chi connectivity index (χ4n) is 2.63. The van der Waals surface area contributed by atoms with Crippen molar-refractivity contribution in [1.29, 1.82) is 0 Å². The molecule has 94 valence electrons. The Bertz CT molecular complexity index is 526. The fourth-order valence-corrected chi connectivity index (χ4v) is 2.63. The first-order valence-corrected chi connectivity index (χ1v) is 5.79. The van der Waals surface area contributed by atoms with E-state index in [9.17, 15) is 4.39 Å². The lowest BCUT2D eigenvalue weighted by Crippen LogP contribution is -2.37. The third kappa shape index (κ3) is 2.14. The van der Waals surface area contributed by atoms with Crippen LogP contribution in [0.1, 0.15) is 16.7 Å². The highest BCUT2D eigenvalue weighted by atomic mass is 35.5. The fraction of sp³-hybridized carbons (Fsp3) is 0.200. The molecule has 0 bridgehead atoms. The molecule has 0 fully saturated rings. The summed E-state index contributed by atoms with van der Waals surface area (Å²) in [5.74, 6) is -0.215. The van der Waals surface area contributed by atoms with Crippen LogP contribution in [0.15, 0.2) is 48.5 Å². The Morgan fingerprint density at radius 1 is 0.889 bits per heavy atom. The normalized spacial score (nSPS) is 15.9. The number of fused-ring (bicyclic) bond motifs is 1. The number of hydrogen-bond acceptors (Lipinski definition) is 1. The van der Waals surface area contributed by atoms with Crippen LogP contribution in [0.4, 0.5) is 4.39 Å². The molecule has 0 saturated heterocycles. The maximum absolute atomic E-state index is 12.9. The van der Waals surface area contributed by atoms with Gasteiger partial charge in [-0.15, -0.1) is 12.4 Å². The standard InChI is InChI=1S/C15H14FN.ClH/c16-14-7-5-13(6-8-14)15(17)9-11-3-1-2-4-12(11)10-15;/h1-8H,9-10,17H2;1H. The minimum atomic E-state index is -0.378. The zero-order valence-corrected chi connectivity index (χ0v) is 10.7. The van der Waals surface area contributed by atoms with Crippen molar-refractivity contribution in [2.24, 2.45) is 5.73 Å². The summed E-state index contributed by atoms with van der Waals surface area (Å²) in [6.07, 6.45) is 1.66. The molecule has 2 aromatic rings. The second-order valence-corrected chi connectivity index (χ2v) is 4.79. The van der Waals surface area contributed by atoms with Gasteiger partial charge in [0.1, 0.15) is 5.82 Å². The number of halogens is 2. The Balaban J connectivity index is 0.00000120. The zero-order valence-electron chi connectivity index (χ0n) is 9.90. The average Bonchev–Trinajstić information content (AvgIpc) is 2.67. The second-order valence-electron chi connectivity index (χ2n) is 4.79. The molecule has 0 heterocycles. The lowest BCUT2D eigenvalue weighted by molar-refractivity contribution is 0.472. The molecule has 3 heteroatoms. The third-order valence-corrected chi connectivity index (χ3v) is 3.55. The Morgan fingerprint density at radius 3 is 1.89 bits per heavy atom. The molecule has 0 aromatic heterocycles. The summed E-state index contributed by atoms with van der Waals surface area (Å²) < 4.78 is 12.9. The molecular formula is C15H15ClFN. The van der Waals surface area contributed by atoms with Crippen LogP contribution >= 0.6 is 12.4 Å².